The molecule has 3 nitrogen and oxygen atoms in total. The van der Waals surface area contributed by atoms with E-state index in [1.54, 1.807) is 0 Å². The highest BCUT2D eigenvalue weighted by Gasteiger charge is 2.23. The molecule has 1 aliphatic rings. The molecule has 2 aromatic carbocycles. The van der Waals surface area contributed by atoms with Gasteiger partial charge in [-0.05, 0) is 23.8 Å². The van der Waals surface area contributed by atoms with Gasteiger partial charge in [-0.1, -0.05) is 41.9 Å². The lowest BCUT2D eigenvalue weighted by Gasteiger charge is -2.33. The number of anilines is 1. The van der Waals surface area contributed by atoms with Gasteiger partial charge in [-0.3, -0.25) is 4.90 Å². The number of ether oxygens (including phenoxy) is 1. The first kappa shape index (κ1) is 17.1. The fourth-order valence-electron chi connectivity index (χ4n) is 2.72. The summed E-state index contributed by atoms with van der Waals surface area (Å²) in [5.74, 6) is 0. The van der Waals surface area contributed by atoms with Gasteiger partial charge in [0.15, 0.2) is 0 Å². The molecule has 0 aromatic heterocycles. The van der Waals surface area contributed by atoms with E-state index in [2.05, 4.69) is 11.0 Å². The molecule has 22 heavy (non-hydrogen) atoms. The Bertz CT molecular complexity index is 621. The van der Waals surface area contributed by atoms with Gasteiger partial charge >= 0.3 is 0 Å². The van der Waals surface area contributed by atoms with Crippen LogP contribution in [0.2, 0.25) is 5.02 Å². The summed E-state index contributed by atoms with van der Waals surface area (Å²) in [6.07, 6.45) is 0.0357. The summed E-state index contributed by atoms with van der Waals surface area (Å²) in [5, 5.41) is 0.772. The van der Waals surface area contributed by atoms with Crippen molar-refractivity contribution < 1.29 is 4.74 Å². The summed E-state index contributed by atoms with van der Waals surface area (Å²) in [4.78, 5) is 2.38. The second-order valence-electron chi connectivity index (χ2n) is 5.36. The zero-order valence-electron chi connectivity index (χ0n) is 12.2. The summed E-state index contributed by atoms with van der Waals surface area (Å²) in [7, 11) is 0. The number of nitrogens with zero attached hydrogens (tertiary/aromatic N) is 1. The summed E-state index contributed by atoms with van der Waals surface area (Å²) in [6.45, 7) is 3.38. The lowest BCUT2D eigenvalue weighted by molar-refractivity contribution is -0.0328. The SMILES string of the molecule is Cl.Nc1cccc(CN2CCOC(c3ccccc3Cl)C2)c1. The number of hydrogen-bond acceptors (Lipinski definition) is 3. The van der Waals surface area contributed by atoms with Crippen LogP contribution in [0.1, 0.15) is 17.2 Å². The van der Waals surface area contributed by atoms with Gasteiger partial charge in [0.05, 0.1) is 12.7 Å². The summed E-state index contributed by atoms with van der Waals surface area (Å²) in [5.41, 5.74) is 8.95. The number of nitrogens with two attached hydrogens (primary N) is 1. The minimum absolute atomic E-state index is 0. The topological polar surface area (TPSA) is 38.5 Å². The van der Waals surface area contributed by atoms with Crippen LogP contribution in [0.15, 0.2) is 48.5 Å². The Hall–Kier alpha value is -1.26. The highest BCUT2D eigenvalue weighted by molar-refractivity contribution is 6.31. The molecule has 1 heterocycles. The standard InChI is InChI=1S/C17H19ClN2O.ClH/c18-16-7-2-1-6-15(16)17-12-20(8-9-21-17)11-13-4-3-5-14(19)10-13;/h1-7,10,17H,8-9,11-12,19H2;1H. The summed E-state index contributed by atoms with van der Waals surface area (Å²) < 4.78 is 5.89. The molecule has 3 rings (SSSR count). The third-order valence-electron chi connectivity index (χ3n) is 3.76. The lowest BCUT2D eigenvalue weighted by atomic mass is 10.1. The van der Waals surface area contributed by atoms with Gasteiger partial charge in [0, 0.05) is 35.9 Å². The van der Waals surface area contributed by atoms with Crippen molar-refractivity contribution in [1.82, 2.24) is 4.90 Å². The van der Waals surface area contributed by atoms with Crippen molar-refractivity contribution in [3.63, 3.8) is 0 Å². The third kappa shape index (κ3) is 4.14. The van der Waals surface area contributed by atoms with E-state index in [-0.39, 0.29) is 18.5 Å². The molecule has 0 bridgehead atoms. The Morgan fingerprint density at radius 2 is 2.00 bits per heavy atom. The van der Waals surface area contributed by atoms with Gasteiger partial charge < -0.3 is 10.5 Å². The molecule has 1 saturated heterocycles. The zero-order valence-corrected chi connectivity index (χ0v) is 13.8. The number of benzene rings is 2. The minimum atomic E-state index is 0. The van der Waals surface area contributed by atoms with Crippen LogP contribution in [-0.2, 0) is 11.3 Å². The molecule has 0 aliphatic carbocycles. The van der Waals surface area contributed by atoms with Crippen molar-refractivity contribution in [2.45, 2.75) is 12.6 Å². The van der Waals surface area contributed by atoms with Crippen LogP contribution in [0.25, 0.3) is 0 Å². The maximum atomic E-state index is 6.27. The number of morpholine rings is 1. The average Bonchev–Trinajstić information content (AvgIpc) is 2.48. The molecule has 0 radical (unpaired) electrons. The zero-order chi connectivity index (χ0) is 14.7. The third-order valence-corrected chi connectivity index (χ3v) is 4.10. The van der Waals surface area contributed by atoms with E-state index in [9.17, 15) is 0 Å². The van der Waals surface area contributed by atoms with Crippen LogP contribution in [0.4, 0.5) is 5.69 Å². The molecule has 1 atom stereocenters. The molecular formula is C17H20Cl2N2O. The maximum absolute atomic E-state index is 6.27. The molecule has 1 fully saturated rings. The van der Waals surface area contributed by atoms with Gasteiger partial charge in [-0.25, -0.2) is 0 Å². The van der Waals surface area contributed by atoms with Crippen LogP contribution in [0.3, 0.4) is 0 Å². The molecule has 0 amide bonds. The van der Waals surface area contributed by atoms with E-state index in [0.29, 0.717) is 0 Å². The summed E-state index contributed by atoms with van der Waals surface area (Å²) >= 11 is 6.27. The first-order chi connectivity index (χ1) is 10.2. The smallest absolute Gasteiger partial charge is 0.0966 e. The van der Waals surface area contributed by atoms with Crippen molar-refractivity contribution in [1.29, 1.82) is 0 Å². The van der Waals surface area contributed by atoms with Gasteiger partial charge in [0.1, 0.15) is 0 Å². The van der Waals surface area contributed by atoms with E-state index in [4.69, 9.17) is 22.1 Å². The van der Waals surface area contributed by atoms with Crippen LogP contribution in [0.5, 0.6) is 0 Å². The van der Waals surface area contributed by atoms with Gasteiger partial charge in [-0.2, -0.15) is 0 Å². The fraction of sp³-hybridized carbons (Fsp3) is 0.294. The van der Waals surface area contributed by atoms with Gasteiger partial charge in [0.25, 0.3) is 0 Å². The largest absolute Gasteiger partial charge is 0.399 e. The molecule has 1 unspecified atom stereocenters. The first-order valence-electron chi connectivity index (χ1n) is 7.15. The monoisotopic (exact) mass is 338 g/mol. The van der Waals surface area contributed by atoms with E-state index >= 15 is 0 Å². The molecule has 0 saturated carbocycles. The highest BCUT2D eigenvalue weighted by Crippen LogP contribution is 2.28. The average molecular weight is 339 g/mol. The predicted molar refractivity (Wildman–Crippen MR) is 93.5 cm³/mol. The highest BCUT2D eigenvalue weighted by atomic mass is 35.5. The maximum Gasteiger partial charge on any atom is 0.0966 e. The Labute approximate surface area is 142 Å². The lowest BCUT2D eigenvalue weighted by Crippen LogP contribution is -2.37. The van der Waals surface area contributed by atoms with Crippen LogP contribution < -0.4 is 5.73 Å². The van der Waals surface area contributed by atoms with Crippen molar-refractivity contribution in [2.24, 2.45) is 0 Å². The van der Waals surface area contributed by atoms with E-state index in [1.807, 2.05) is 42.5 Å². The Morgan fingerprint density at radius 1 is 1.18 bits per heavy atom. The van der Waals surface area contributed by atoms with Crippen molar-refractivity contribution >= 4 is 29.7 Å². The Kier molecular flexibility index (Phi) is 6.09. The second-order valence-corrected chi connectivity index (χ2v) is 5.77. The van der Waals surface area contributed by atoms with Crippen molar-refractivity contribution in [2.75, 3.05) is 25.4 Å². The van der Waals surface area contributed by atoms with Crippen molar-refractivity contribution in [3.05, 3.63) is 64.7 Å². The molecule has 0 spiro atoms. The fourth-order valence-corrected chi connectivity index (χ4v) is 2.98. The van der Waals surface area contributed by atoms with E-state index < -0.39 is 0 Å². The molecule has 118 valence electrons. The molecular weight excluding hydrogens is 319 g/mol. The molecule has 1 aliphatic heterocycles. The minimum Gasteiger partial charge on any atom is -0.399 e. The molecule has 5 heteroatoms. The number of halogens is 2. The Balaban J connectivity index is 0.00000176. The van der Waals surface area contributed by atoms with Gasteiger partial charge in [0.2, 0.25) is 0 Å². The summed E-state index contributed by atoms with van der Waals surface area (Å²) in [6, 6.07) is 15.9. The second kappa shape index (κ2) is 7.84. The van der Waals surface area contributed by atoms with Crippen LogP contribution >= 0.6 is 24.0 Å². The number of rotatable bonds is 3. The first-order valence-corrected chi connectivity index (χ1v) is 7.53. The normalized spacial score (nSPS) is 18.7. The van der Waals surface area contributed by atoms with E-state index in [0.717, 1.165) is 42.5 Å². The Morgan fingerprint density at radius 3 is 2.77 bits per heavy atom. The molecule has 2 aromatic rings. The van der Waals surface area contributed by atoms with Gasteiger partial charge in [-0.15, -0.1) is 12.4 Å². The van der Waals surface area contributed by atoms with Crippen molar-refractivity contribution in [3.8, 4) is 0 Å². The van der Waals surface area contributed by atoms with Crippen LogP contribution in [-0.4, -0.2) is 24.6 Å². The predicted octanol–water partition coefficient (Wildman–Crippen LogP) is 3.92. The van der Waals surface area contributed by atoms with E-state index in [1.165, 1.54) is 5.56 Å². The quantitative estimate of drug-likeness (QED) is 0.862. The number of hydrogen-bond donors (Lipinski definition) is 1. The van der Waals surface area contributed by atoms with Crippen LogP contribution in [0, 0.1) is 0 Å². The molecule has 2 N–H and O–H groups in total. The number of nitrogen functional groups attached to an aromatic ring is 1.